The van der Waals surface area contributed by atoms with Crippen LogP contribution in [0.1, 0.15) is 13.8 Å². The fourth-order valence-corrected chi connectivity index (χ4v) is 2.45. The van der Waals surface area contributed by atoms with Crippen LogP contribution in [0.4, 0.5) is 5.69 Å². The highest BCUT2D eigenvalue weighted by Crippen LogP contribution is 2.22. The lowest BCUT2D eigenvalue weighted by molar-refractivity contribution is 0.103. The summed E-state index contributed by atoms with van der Waals surface area (Å²) in [6, 6.07) is 0. The largest absolute Gasteiger partial charge is 0.396 e. The summed E-state index contributed by atoms with van der Waals surface area (Å²) in [5.74, 6) is 1.45. The monoisotopic (exact) mass is 238 g/mol. The third kappa shape index (κ3) is 3.20. The highest BCUT2D eigenvalue weighted by Gasteiger charge is 2.27. The normalized spacial score (nSPS) is 27.5. The van der Waals surface area contributed by atoms with Crippen molar-refractivity contribution in [3.05, 3.63) is 12.4 Å². The van der Waals surface area contributed by atoms with Crippen LogP contribution in [0.5, 0.6) is 0 Å². The predicted molar refractivity (Wildman–Crippen MR) is 67.4 cm³/mol. The lowest BCUT2D eigenvalue weighted by Crippen LogP contribution is -2.33. The smallest absolute Gasteiger partial charge is 0.0862 e. The van der Waals surface area contributed by atoms with E-state index in [9.17, 15) is 5.11 Å². The molecule has 17 heavy (non-hydrogen) atoms. The van der Waals surface area contributed by atoms with Crippen LogP contribution in [-0.2, 0) is 6.54 Å². The first kappa shape index (κ1) is 12.4. The number of aliphatic hydroxyl groups is 1. The Morgan fingerprint density at radius 2 is 2.06 bits per heavy atom. The minimum atomic E-state index is -0.383. The molecule has 2 heterocycles. The van der Waals surface area contributed by atoms with Gasteiger partial charge in [-0.1, -0.05) is 13.8 Å². The van der Waals surface area contributed by atoms with Gasteiger partial charge in [-0.05, 0) is 11.8 Å². The van der Waals surface area contributed by atoms with Gasteiger partial charge >= 0.3 is 0 Å². The van der Waals surface area contributed by atoms with Crippen LogP contribution in [0.15, 0.2) is 12.4 Å². The maximum absolute atomic E-state index is 10.0. The molecule has 2 rings (SSSR count). The highest BCUT2D eigenvalue weighted by molar-refractivity contribution is 5.30. The number of hydrogen-bond acceptors (Lipinski definition) is 4. The van der Waals surface area contributed by atoms with Gasteiger partial charge in [0.2, 0.25) is 0 Å². The molecular formula is C12H22N4O. The second-order valence-corrected chi connectivity index (χ2v) is 5.32. The van der Waals surface area contributed by atoms with Gasteiger partial charge in [-0.3, -0.25) is 4.68 Å². The van der Waals surface area contributed by atoms with Crippen molar-refractivity contribution in [1.82, 2.24) is 14.7 Å². The second kappa shape index (κ2) is 5.06. The first-order valence-electron chi connectivity index (χ1n) is 6.23. The van der Waals surface area contributed by atoms with E-state index in [2.05, 4.69) is 23.8 Å². The molecule has 3 atom stereocenters. The summed E-state index contributed by atoms with van der Waals surface area (Å²) in [6.07, 6.45) is 2.97. The van der Waals surface area contributed by atoms with E-state index >= 15 is 0 Å². The average Bonchev–Trinajstić information content (AvgIpc) is 2.75. The highest BCUT2D eigenvalue weighted by atomic mass is 16.3. The Bertz CT molecular complexity index is 355. The van der Waals surface area contributed by atoms with Crippen LogP contribution in [0, 0.1) is 11.8 Å². The van der Waals surface area contributed by atoms with Gasteiger partial charge in [0.15, 0.2) is 0 Å². The van der Waals surface area contributed by atoms with E-state index in [1.54, 1.807) is 17.1 Å². The van der Waals surface area contributed by atoms with Gasteiger partial charge in [0, 0.05) is 25.8 Å². The van der Waals surface area contributed by atoms with Crippen molar-refractivity contribution in [1.29, 1.82) is 0 Å². The Kier molecular flexibility index (Phi) is 3.69. The maximum Gasteiger partial charge on any atom is 0.0862 e. The van der Waals surface area contributed by atoms with Crippen LogP contribution >= 0.6 is 0 Å². The number of nitrogens with two attached hydrogens (primary N) is 1. The van der Waals surface area contributed by atoms with E-state index in [0.717, 1.165) is 24.9 Å². The number of likely N-dealkylation sites (tertiary alicyclic amines) is 1. The second-order valence-electron chi connectivity index (χ2n) is 5.32. The quantitative estimate of drug-likeness (QED) is 0.797. The average molecular weight is 238 g/mol. The fraction of sp³-hybridized carbons (Fsp3) is 0.750. The van der Waals surface area contributed by atoms with E-state index in [1.165, 1.54) is 0 Å². The van der Waals surface area contributed by atoms with Gasteiger partial charge in [-0.15, -0.1) is 0 Å². The number of aromatic nitrogens is 2. The topological polar surface area (TPSA) is 67.3 Å². The zero-order valence-corrected chi connectivity index (χ0v) is 10.6. The van der Waals surface area contributed by atoms with Crippen molar-refractivity contribution in [3.8, 4) is 0 Å². The Morgan fingerprint density at radius 1 is 1.41 bits per heavy atom. The SMILES string of the molecule is CC1CN(CC(O)Cn2cc(N)cn2)CC1C. The zero-order valence-electron chi connectivity index (χ0n) is 10.6. The molecule has 96 valence electrons. The lowest BCUT2D eigenvalue weighted by Gasteiger charge is -2.19. The first-order valence-corrected chi connectivity index (χ1v) is 6.23. The number of nitrogen functional groups attached to an aromatic ring is 1. The number of rotatable bonds is 4. The van der Waals surface area contributed by atoms with Gasteiger partial charge in [-0.2, -0.15) is 5.10 Å². The predicted octanol–water partition coefficient (Wildman–Crippen LogP) is 0.414. The van der Waals surface area contributed by atoms with Gasteiger partial charge in [0.05, 0.1) is 24.5 Å². The standard InChI is InChI=1S/C12H22N4O/c1-9-4-15(5-10(9)2)7-12(17)8-16-6-11(13)3-14-16/h3,6,9-10,12,17H,4-5,7-8,13H2,1-2H3. The number of hydrogen-bond donors (Lipinski definition) is 2. The molecular weight excluding hydrogens is 216 g/mol. The van der Waals surface area contributed by atoms with Crippen molar-refractivity contribution in [3.63, 3.8) is 0 Å². The summed E-state index contributed by atoms with van der Waals surface area (Å²) in [5.41, 5.74) is 6.22. The molecule has 5 heteroatoms. The zero-order chi connectivity index (χ0) is 12.4. The minimum absolute atomic E-state index is 0.383. The van der Waals surface area contributed by atoms with E-state index < -0.39 is 0 Å². The summed E-state index contributed by atoms with van der Waals surface area (Å²) < 4.78 is 1.70. The number of nitrogens with zero attached hydrogens (tertiary/aromatic N) is 3. The summed E-state index contributed by atoms with van der Waals surface area (Å²) in [6.45, 7) is 7.93. The van der Waals surface area contributed by atoms with Crippen LogP contribution in [0.2, 0.25) is 0 Å². The molecule has 0 saturated carbocycles. The van der Waals surface area contributed by atoms with Gasteiger partial charge in [0.1, 0.15) is 0 Å². The van der Waals surface area contributed by atoms with E-state index in [-0.39, 0.29) is 6.10 Å². The van der Waals surface area contributed by atoms with Crippen LogP contribution in [0.25, 0.3) is 0 Å². The molecule has 0 aliphatic carbocycles. The molecule has 1 fully saturated rings. The number of aliphatic hydroxyl groups excluding tert-OH is 1. The molecule has 0 spiro atoms. The molecule has 3 unspecified atom stereocenters. The first-order chi connectivity index (χ1) is 8.04. The Morgan fingerprint density at radius 3 is 2.59 bits per heavy atom. The molecule has 1 aromatic rings. The van der Waals surface area contributed by atoms with Gasteiger partial charge in [0.25, 0.3) is 0 Å². The van der Waals surface area contributed by atoms with Gasteiger partial charge in [-0.25, -0.2) is 0 Å². The third-order valence-electron chi connectivity index (χ3n) is 3.58. The van der Waals surface area contributed by atoms with Gasteiger partial charge < -0.3 is 15.7 Å². The summed E-state index contributed by atoms with van der Waals surface area (Å²) in [5, 5.41) is 14.1. The molecule has 5 nitrogen and oxygen atoms in total. The maximum atomic E-state index is 10.0. The molecule has 3 N–H and O–H groups in total. The molecule has 1 aliphatic heterocycles. The van der Waals surface area contributed by atoms with Crippen molar-refractivity contribution < 1.29 is 5.11 Å². The molecule has 1 saturated heterocycles. The Hall–Kier alpha value is -1.07. The minimum Gasteiger partial charge on any atom is -0.396 e. The third-order valence-corrected chi connectivity index (χ3v) is 3.58. The van der Waals surface area contributed by atoms with E-state index in [0.29, 0.717) is 18.8 Å². The summed E-state index contributed by atoms with van der Waals surface area (Å²) in [4.78, 5) is 2.33. The molecule has 1 aromatic heterocycles. The van der Waals surface area contributed by atoms with Crippen LogP contribution in [0.3, 0.4) is 0 Å². The molecule has 1 aliphatic rings. The Balaban J connectivity index is 1.80. The summed E-state index contributed by atoms with van der Waals surface area (Å²) in [7, 11) is 0. The van der Waals surface area contributed by atoms with Crippen LogP contribution in [-0.4, -0.2) is 45.5 Å². The number of anilines is 1. The number of β-amino-alcohol motifs (C(OH)–C–C–N with tert-alkyl or cyclic N) is 1. The van der Waals surface area contributed by atoms with Crippen LogP contribution < -0.4 is 5.73 Å². The molecule has 0 radical (unpaired) electrons. The fourth-order valence-electron chi connectivity index (χ4n) is 2.45. The molecule has 0 amide bonds. The summed E-state index contributed by atoms with van der Waals surface area (Å²) >= 11 is 0. The molecule has 0 bridgehead atoms. The van der Waals surface area contributed by atoms with Crippen molar-refractivity contribution in [2.45, 2.75) is 26.5 Å². The van der Waals surface area contributed by atoms with Crippen molar-refractivity contribution >= 4 is 5.69 Å². The van der Waals surface area contributed by atoms with Crippen molar-refractivity contribution in [2.24, 2.45) is 11.8 Å². The lowest BCUT2D eigenvalue weighted by atomic mass is 10.0. The van der Waals surface area contributed by atoms with E-state index in [1.807, 2.05) is 0 Å². The Labute approximate surface area is 102 Å². The van der Waals surface area contributed by atoms with Crippen molar-refractivity contribution in [2.75, 3.05) is 25.4 Å². The van der Waals surface area contributed by atoms with E-state index in [4.69, 9.17) is 5.73 Å². The molecule has 0 aromatic carbocycles.